The number of hydrogen-bond acceptors (Lipinski definition) is 3. The van der Waals surface area contributed by atoms with E-state index in [4.69, 9.17) is 4.74 Å². The number of ether oxygens (including phenoxy) is 1. The second-order valence-corrected chi connectivity index (χ2v) is 10.2. The molecule has 3 aromatic carbocycles. The Morgan fingerprint density at radius 1 is 0.946 bits per heavy atom. The standard InChI is InChI=1S/C32H36N2O3/c1-20(2)26-8-7-9-27(16-26)23(5)33-32(36)28-12-15-31-30(17-28)22(4)24(6)34(31)18-25-10-13-29(14-11-25)37-21(3)19-35/h7-17,19-21,23H,18H2,1-6H3,(H,33,36)/t21-,23+/m1/s1. The molecule has 0 spiro atoms. The zero-order chi connectivity index (χ0) is 26.7. The molecular weight excluding hydrogens is 460 g/mol. The second-order valence-electron chi connectivity index (χ2n) is 10.2. The minimum atomic E-state index is -0.469. The van der Waals surface area contributed by atoms with Gasteiger partial charge in [-0.2, -0.15) is 0 Å². The highest BCUT2D eigenvalue weighted by Gasteiger charge is 2.17. The molecule has 5 heteroatoms. The van der Waals surface area contributed by atoms with Gasteiger partial charge in [0.1, 0.15) is 5.75 Å². The molecule has 0 aliphatic carbocycles. The van der Waals surface area contributed by atoms with Gasteiger partial charge in [-0.1, -0.05) is 50.2 Å². The fourth-order valence-electron chi connectivity index (χ4n) is 4.64. The number of hydrogen-bond donors (Lipinski definition) is 1. The normalized spacial score (nSPS) is 12.9. The number of benzene rings is 3. The maximum absolute atomic E-state index is 13.2. The average Bonchev–Trinajstić information content (AvgIpc) is 3.13. The number of nitrogens with zero attached hydrogens (tertiary/aromatic N) is 1. The Morgan fingerprint density at radius 3 is 2.32 bits per heavy atom. The lowest BCUT2D eigenvalue weighted by Gasteiger charge is -2.16. The summed E-state index contributed by atoms with van der Waals surface area (Å²) in [5, 5.41) is 4.25. The number of carbonyl (C=O) groups is 2. The molecule has 0 aliphatic heterocycles. The highest BCUT2D eigenvalue weighted by Crippen LogP contribution is 2.28. The Kier molecular flexibility index (Phi) is 7.82. The lowest BCUT2D eigenvalue weighted by molar-refractivity contribution is -0.113. The first-order valence-corrected chi connectivity index (χ1v) is 12.9. The van der Waals surface area contributed by atoms with E-state index in [1.807, 2.05) is 49.4 Å². The summed E-state index contributed by atoms with van der Waals surface area (Å²) in [6, 6.07) is 22.1. The predicted molar refractivity (Wildman–Crippen MR) is 150 cm³/mol. The van der Waals surface area contributed by atoms with Crippen LogP contribution in [0, 0.1) is 13.8 Å². The molecular formula is C32H36N2O3. The first kappa shape index (κ1) is 26.2. The van der Waals surface area contributed by atoms with Crippen molar-refractivity contribution in [1.29, 1.82) is 0 Å². The third kappa shape index (κ3) is 5.77. The topological polar surface area (TPSA) is 60.3 Å². The van der Waals surface area contributed by atoms with Crippen molar-refractivity contribution in [2.24, 2.45) is 0 Å². The van der Waals surface area contributed by atoms with Gasteiger partial charge in [0.25, 0.3) is 5.91 Å². The molecule has 4 rings (SSSR count). The zero-order valence-electron chi connectivity index (χ0n) is 22.5. The van der Waals surface area contributed by atoms with Crippen molar-refractivity contribution in [3.8, 4) is 5.75 Å². The van der Waals surface area contributed by atoms with E-state index < -0.39 is 6.10 Å². The summed E-state index contributed by atoms with van der Waals surface area (Å²) in [6.07, 6.45) is 0.314. The van der Waals surface area contributed by atoms with E-state index >= 15 is 0 Å². The molecule has 4 aromatic rings. The fraction of sp³-hybridized carbons (Fsp3) is 0.312. The molecule has 0 bridgehead atoms. The van der Waals surface area contributed by atoms with E-state index in [2.05, 4.69) is 61.8 Å². The number of carbonyl (C=O) groups excluding carboxylic acids is 2. The van der Waals surface area contributed by atoms with Gasteiger partial charge in [0.05, 0.1) is 6.04 Å². The van der Waals surface area contributed by atoms with Gasteiger partial charge in [0.15, 0.2) is 12.4 Å². The van der Waals surface area contributed by atoms with Gasteiger partial charge in [0, 0.05) is 28.7 Å². The summed E-state index contributed by atoms with van der Waals surface area (Å²) in [5.74, 6) is 1.04. The summed E-state index contributed by atoms with van der Waals surface area (Å²) < 4.78 is 7.84. The Bertz CT molecular complexity index is 1420. The van der Waals surface area contributed by atoms with E-state index in [1.165, 1.54) is 16.8 Å². The third-order valence-corrected chi connectivity index (χ3v) is 7.10. The number of nitrogens with one attached hydrogen (secondary N) is 1. The van der Waals surface area contributed by atoms with Crippen LogP contribution < -0.4 is 10.1 Å². The summed E-state index contributed by atoms with van der Waals surface area (Å²) >= 11 is 0. The molecule has 2 atom stereocenters. The number of aldehydes is 1. The monoisotopic (exact) mass is 496 g/mol. The summed E-state index contributed by atoms with van der Waals surface area (Å²) in [5.41, 5.74) is 7.60. The number of aryl methyl sites for hydroxylation is 1. The smallest absolute Gasteiger partial charge is 0.251 e. The molecule has 1 aromatic heterocycles. The Hall–Kier alpha value is -3.86. The Labute approximate surface area is 219 Å². The summed E-state index contributed by atoms with van der Waals surface area (Å²) in [4.78, 5) is 24.0. The van der Waals surface area contributed by atoms with Gasteiger partial charge >= 0.3 is 0 Å². The highest BCUT2D eigenvalue weighted by molar-refractivity contribution is 5.99. The van der Waals surface area contributed by atoms with Gasteiger partial charge < -0.3 is 14.6 Å². The van der Waals surface area contributed by atoms with Crippen LogP contribution in [0.15, 0.2) is 66.7 Å². The van der Waals surface area contributed by atoms with Crippen LogP contribution >= 0.6 is 0 Å². The molecule has 0 aliphatic rings. The molecule has 0 unspecified atom stereocenters. The van der Waals surface area contributed by atoms with Crippen LogP contribution in [0.2, 0.25) is 0 Å². The van der Waals surface area contributed by atoms with Crippen molar-refractivity contribution in [1.82, 2.24) is 9.88 Å². The van der Waals surface area contributed by atoms with Crippen LogP contribution in [0.25, 0.3) is 10.9 Å². The number of rotatable bonds is 9. The van der Waals surface area contributed by atoms with Crippen LogP contribution in [0.3, 0.4) is 0 Å². The van der Waals surface area contributed by atoms with Gasteiger partial charge in [-0.25, -0.2) is 0 Å². The molecule has 37 heavy (non-hydrogen) atoms. The zero-order valence-corrected chi connectivity index (χ0v) is 22.5. The lowest BCUT2D eigenvalue weighted by Crippen LogP contribution is -2.26. The number of amides is 1. The van der Waals surface area contributed by atoms with E-state index in [1.54, 1.807) is 6.92 Å². The first-order chi connectivity index (χ1) is 17.7. The second kappa shape index (κ2) is 11.0. The minimum absolute atomic E-state index is 0.0747. The molecule has 192 valence electrons. The van der Waals surface area contributed by atoms with Gasteiger partial charge in [-0.05, 0) is 86.2 Å². The van der Waals surface area contributed by atoms with Crippen molar-refractivity contribution in [3.05, 3.63) is 100 Å². The van der Waals surface area contributed by atoms with Crippen LogP contribution in [0.4, 0.5) is 0 Å². The Balaban J connectivity index is 1.54. The van der Waals surface area contributed by atoms with E-state index in [9.17, 15) is 9.59 Å². The SMILES string of the molecule is Cc1c(C)n(Cc2ccc(O[C@H](C)C=O)cc2)c2ccc(C(=O)N[C@@H](C)c3cccc(C(C)C)c3)cc12. The fourth-order valence-corrected chi connectivity index (χ4v) is 4.64. The van der Waals surface area contributed by atoms with Crippen molar-refractivity contribution in [2.45, 2.75) is 66.2 Å². The van der Waals surface area contributed by atoms with Crippen LogP contribution in [0.5, 0.6) is 5.75 Å². The van der Waals surface area contributed by atoms with Crippen molar-refractivity contribution in [2.75, 3.05) is 0 Å². The minimum Gasteiger partial charge on any atom is -0.483 e. The predicted octanol–water partition coefficient (Wildman–Crippen LogP) is 6.89. The van der Waals surface area contributed by atoms with Crippen LogP contribution in [-0.2, 0) is 11.3 Å². The molecule has 5 nitrogen and oxygen atoms in total. The van der Waals surface area contributed by atoms with Crippen molar-refractivity contribution >= 4 is 23.1 Å². The van der Waals surface area contributed by atoms with E-state index in [0.717, 1.165) is 28.3 Å². The molecule has 1 heterocycles. The van der Waals surface area contributed by atoms with Crippen LogP contribution in [0.1, 0.15) is 78.0 Å². The average molecular weight is 497 g/mol. The highest BCUT2D eigenvalue weighted by atomic mass is 16.5. The molecule has 1 amide bonds. The van der Waals surface area contributed by atoms with E-state index in [-0.39, 0.29) is 11.9 Å². The van der Waals surface area contributed by atoms with E-state index in [0.29, 0.717) is 23.8 Å². The maximum Gasteiger partial charge on any atom is 0.251 e. The first-order valence-electron chi connectivity index (χ1n) is 12.9. The maximum atomic E-state index is 13.2. The summed E-state index contributed by atoms with van der Waals surface area (Å²) in [6.45, 7) is 13.0. The number of fused-ring (bicyclic) bond motifs is 1. The van der Waals surface area contributed by atoms with Crippen LogP contribution in [-0.4, -0.2) is 22.9 Å². The molecule has 0 saturated carbocycles. The van der Waals surface area contributed by atoms with Crippen molar-refractivity contribution in [3.63, 3.8) is 0 Å². The largest absolute Gasteiger partial charge is 0.483 e. The Morgan fingerprint density at radius 2 is 1.65 bits per heavy atom. The quantitative estimate of drug-likeness (QED) is 0.257. The van der Waals surface area contributed by atoms with Gasteiger partial charge in [0.2, 0.25) is 0 Å². The van der Waals surface area contributed by atoms with Crippen molar-refractivity contribution < 1.29 is 14.3 Å². The third-order valence-electron chi connectivity index (χ3n) is 7.10. The lowest BCUT2D eigenvalue weighted by atomic mass is 9.98. The molecule has 0 fully saturated rings. The molecule has 1 N–H and O–H groups in total. The molecule has 0 radical (unpaired) electrons. The van der Waals surface area contributed by atoms with Gasteiger partial charge in [-0.3, -0.25) is 9.59 Å². The summed E-state index contributed by atoms with van der Waals surface area (Å²) in [7, 11) is 0. The molecule has 0 saturated heterocycles. The van der Waals surface area contributed by atoms with Gasteiger partial charge in [-0.15, -0.1) is 0 Å². The number of aromatic nitrogens is 1.